The molecule has 1 saturated carbocycles. The molecular weight excluding hydrogens is 272 g/mol. The highest BCUT2D eigenvalue weighted by atomic mass is 16.6. The molecule has 2 rings (SSSR count). The van der Waals surface area contributed by atoms with Crippen LogP contribution in [0.15, 0.2) is 0 Å². The number of hydrogen-bond donors (Lipinski definition) is 2. The smallest absolute Gasteiger partial charge is 0.332 e. The number of rotatable bonds is 5. The van der Waals surface area contributed by atoms with Gasteiger partial charge in [-0.15, -0.1) is 0 Å². The third-order valence-electron chi connectivity index (χ3n) is 3.98. The molecule has 1 heterocycles. The second-order valence-electron chi connectivity index (χ2n) is 5.28. The van der Waals surface area contributed by atoms with E-state index < -0.39 is 4.92 Å². The van der Waals surface area contributed by atoms with Gasteiger partial charge in [0.25, 0.3) is 0 Å². The molecule has 0 amide bonds. The van der Waals surface area contributed by atoms with Gasteiger partial charge in [0.2, 0.25) is 11.8 Å². The lowest BCUT2D eigenvalue weighted by atomic mass is 9.94. The predicted octanol–water partition coefficient (Wildman–Crippen LogP) is 2.14. The van der Waals surface area contributed by atoms with Crippen molar-refractivity contribution in [1.29, 1.82) is 0 Å². The number of nitrogen functional groups attached to an aromatic ring is 1. The van der Waals surface area contributed by atoms with Gasteiger partial charge in [0.15, 0.2) is 0 Å². The summed E-state index contributed by atoms with van der Waals surface area (Å²) < 4.78 is 0. The molecule has 116 valence electrons. The van der Waals surface area contributed by atoms with Gasteiger partial charge >= 0.3 is 5.69 Å². The Labute approximate surface area is 123 Å². The first-order valence-corrected chi connectivity index (χ1v) is 7.34. The lowest BCUT2D eigenvalue weighted by molar-refractivity contribution is -0.385. The van der Waals surface area contributed by atoms with Crippen molar-refractivity contribution < 1.29 is 4.92 Å². The molecule has 21 heavy (non-hydrogen) atoms. The largest absolute Gasteiger partial charge is 0.348 e. The van der Waals surface area contributed by atoms with Crippen molar-refractivity contribution in [3.8, 4) is 0 Å². The van der Waals surface area contributed by atoms with Gasteiger partial charge in [-0.2, -0.15) is 4.98 Å². The highest BCUT2D eigenvalue weighted by Crippen LogP contribution is 2.34. The predicted molar refractivity (Wildman–Crippen MR) is 81.1 cm³/mol. The quantitative estimate of drug-likeness (QED) is 0.486. The molecule has 0 radical (unpaired) electrons. The van der Waals surface area contributed by atoms with Crippen LogP contribution >= 0.6 is 0 Å². The summed E-state index contributed by atoms with van der Waals surface area (Å²) in [7, 11) is 0. The zero-order chi connectivity index (χ0) is 15.4. The zero-order valence-electron chi connectivity index (χ0n) is 12.5. The Kier molecular flexibility index (Phi) is 4.89. The van der Waals surface area contributed by atoms with Crippen LogP contribution in [0.3, 0.4) is 0 Å². The maximum absolute atomic E-state index is 11.4. The van der Waals surface area contributed by atoms with Crippen LogP contribution in [0.5, 0.6) is 0 Å². The second-order valence-corrected chi connectivity index (χ2v) is 5.28. The van der Waals surface area contributed by atoms with Crippen LogP contribution in [-0.4, -0.2) is 27.5 Å². The summed E-state index contributed by atoms with van der Waals surface area (Å²) in [5.74, 6) is 5.95. The molecule has 3 N–H and O–H groups in total. The zero-order valence-corrected chi connectivity index (χ0v) is 12.5. The highest BCUT2D eigenvalue weighted by molar-refractivity contribution is 5.62. The summed E-state index contributed by atoms with van der Waals surface area (Å²) in [5, 5.41) is 11.4. The van der Waals surface area contributed by atoms with Crippen molar-refractivity contribution in [3.63, 3.8) is 0 Å². The first-order valence-electron chi connectivity index (χ1n) is 7.34. The Morgan fingerprint density at radius 2 is 2.05 bits per heavy atom. The Bertz CT molecular complexity index is 516. The van der Waals surface area contributed by atoms with Crippen molar-refractivity contribution in [2.24, 2.45) is 5.84 Å². The van der Waals surface area contributed by atoms with E-state index in [1.807, 2.05) is 11.8 Å². The van der Waals surface area contributed by atoms with Crippen LogP contribution in [0.2, 0.25) is 0 Å². The average Bonchev–Trinajstić information content (AvgIpc) is 2.48. The van der Waals surface area contributed by atoms with Gasteiger partial charge in [-0.25, -0.2) is 10.8 Å². The number of nitrogens with two attached hydrogens (primary N) is 1. The van der Waals surface area contributed by atoms with E-state index in [-0.39, 0.29) is 11.6 Å². The maximum Gasteiger partial charge on any atom is 0.332 e. The summed E-state index contributed by atoms with van der Waals surface area (Å²) in [6.45, 7) is 4.27. The van der Waals surface area contributed by atoms with Crippen molar-refractivity contribution in [3.05, 3.63) is 15.8 Å². The van der Waals surface area contributed by atoms with E-state index in [9.17, 15) is 10.1 Å². The molecule has 0 unspecified atom stereocenters. The fraction of sp³-hybridized carbons (Fsp3) is 0.692. The summed E-state index contributed by atoms with van der Waals surface area (Å²) >= 11 is 0. The highest BCUT2D eigenvalue weighted by Gasteiger charge is 2.30. The van der Waals surface area contributed by atoms with Crippen LogP contribution in [-0.2, 0) is 0 Å². The maximum atomic E-state index is 11.4. The fourth-order valence-corrected chi connectivity index (χ4v) is 3.00. The number of aryl methyl sites for hydroxylation is 1. The lowest BCUT2D eigenvalue weighted by Gasteiger charge is -2.34. The molecule has 1 fully saturated rings. The minimum absolute atomic E-state index is 0.0265. The number of anilines is 2. The van der Waals surface area contributed by atoms with Crippen LogP contribution in [0, 0.1) is 17.0 Å². The Balaban J connectivity index is 2.47. The molecular formula is C13H22N6O2. The summed E-state index contributed by atoms with van der Waals surface area (Å²) in [5.41, 5.74) is 2.68. The van der Waals surface area contributed by atoms with Crippen molar-refractivity contribution in [2.75, 3.05) is 16.9 Å². The topological polar surface area (TPSA) is 110 Å². The summed E-state index contributed by atoms with van der Waals surface area (Å²) in [4.78, 5) is 21.3. The second kappa shape index (κ2) is 6.66. The van der Waals surface area contributed by atoms with E-state index in [1.165, 1.54) is 6.42 Å². The first-order chi connectivity index (χ1) is 10.1. The molecule has 1 aromatic heterocycles. The van der Waals surface area contributed by atoms with Crippen LogP contribution in [0.4, 0.5) is 17.5 Å². The summed E-state index contributed by atoms with van der Waals surface area (Å²) in [6.07, 6.45) is 5.62. The van der Waals surface area contributed by atoms with Gasteiger partial charge in [0.1, 0.15) is 5.69 Å². The lowest BCUT2D eigenvalue weighted by Crippen LogP contribution is -2.38. The van der Waals surface area contributed by atoms with Gasteiger partial charge < -0.3 is 4.90 Å². The third-order valence-corrected chi connectivity index (χ3v) is 3.98. The van der Waals surface area contributed by atoms with Crippen molar-refractivity contribution >= 4 is 17.5 Å². The standard InChI is InChI=1S/C13H22N6O2/c1-3-18(10-7-5-4-6-8-10)12-11(19(20)21)9(2)15-13(16-12)17-14/h10H,3-8,14H2,1-2H3,(H,15,16,17). The third kappa shape index (κ3) is 3.21. The molecule has 1 aromatic rings. The van der Waals surface area contributed by atoms with Gasteiger partial charge in [0, 0.05) is 12.6 Å². The van der Waals surface area contributed by atoms with E-state index >= 15 is 0 Å². The molecule has 1 aliphatic carbocycles. The number of aromatic nitrogens is 2. The van der Waals surface area contributed by atoms with Crippen LogP contribution in [0.1, 0.15) is 44.7 Å². The number of hydrazine groups is 1. The first kappa shape index (κ1) is 15.4. The molecule has 0 bridgehead atoms. The van der Waals surface area contributed by atoms with E-state index in [0.29, 0.717) is 24.1 Å². The van der Waals surface area contributed by atoms with Gasteiger partial charge in [-0.05, 0) is 26.7 Å². The number of hydrogen-bond acceptors (Lipinski definition) is 7. The summed E-state index contributed by atoms with van der Waals surface area (Å²) in [6, 6.07) is 0.294. The molecule has 0 aromatic carbocycles. The van der Waals surface area contributed by atoms with Gasteiger partial charge in [0.05, 0.1) is 4.92 Å². The SMILES string of the molecule is CCN(c1nc(NN)nc(C)c1[N+](=O)[O-])C1CCCCC1. The van der Waals surface area contributed by atoms with Gasteiger partial charge in [-0.1, -0.05) is 19.3 Å². The fourth-order valence-electron chi connectivity index (χ4n) is 3.00. The van der Waals surface area contributed by atoms with Crippen LogP contribution in [0.25, 0.3) is 0 Å². The average molecular weight is 294 g/mol. The molecule has 8 nitrogen and oxygen atoms in total. The van der Waals surface area contributed by atoms with Crippen molar-refractivity contribution in [1.82, 2.24) is 9.97 Å². The molecule has 0 atom stereocenters. The number of nitrogens with one attached hydrogen (secondary N) is 1. The van der Waals surface area contributed by atoms with Crippen LogP contribution < -0.4 is 16.2 Å². The number of nitrogens with zero attached hydrogens (tertiary/aromatic N) is 4. The Morgan fingerprint density at radius 1 is 1.38 bits per heavy atom. The van der Waals surface area contributed by atoms with E-state index in [0.717, 1.165) is 25.7 Å². The van der Waals surface area contributed by atoms with E-state index in [1.54, 1.807) is 6.92 Å². The van der Waals surface area contributed by atoms with Crippen molar-refractivity contribution in [2.45, 2.75) is 52.0 Å². The van der Waals surface area contributed by atoms with E-state index in [4.69, 9.17) is 5.84 Å². The number of nitro groups is 1. The minimum Gasteiger partial charge on any atom is -0.348 e. The molecule has 0 spiro atoms. The minimum atomic E-state index is -0.406. The Hall–Kier alpha value is -1.96. The normalized spacial score (nSPS) is 15.8. The molecule has 0 aliphatic heterocycles. The molecule has 1 aliphatic rings. The van der Waals surface area contributed by atoms with E-state index in [2.05, 4.69) is 15.4 Å². The Morgan fingerprint density at radius 3 is 2.57 bits per heavy atom. The monoisotopic (exact) mass is 294 g/mol. The molecule has 0 saturated heterocycles. The molecule has 8 heteroatoms. The van der Waals surface area contributed by atoms with Gasteiger partial charge in [-0.3, -0.25) is 15.5 Å².